The Bertz CT molecular complexity index is 4050. The van der Waals surface area contributed by atoms with Gasteiger partial charge in [-0.1, -0.05) is 26.7 Å². The number of hydrogen-bond acceptors (Lipinski definition) is 33. The molecule has 33 nitrogen and oxygen atoms in total. The molecule has 0 spiro atoms. The third-order valence-electron chi connectivity index (χ3n) is 24.8. The summed E-state index contributed by atoms with van der Waals surface area (Å²) in [5.74, 6) is -16.0. The fourth-order valence-corrected chi connectivity index (χ4v) is 19.4. The second kappa shape index (κ2) is 28.9. The fraction of sp³-hybridized carbons (Fsp3) is 0.707. The number of aromatic hydroxyl groups is 4. The molecule has 14 rings (SSSR count). The van der Waals surface area contributed by atoms with Gasteiger partial charge in [0.15, 0.2) is 59.9 Å². The maximum atomic E-state index is 16.3. The minimum absolute atomic E-state index is 0.00613. The topological polar surface area (TPSA) is 501 Å². The Morgan fingerprint density at radius 1 is 0.481 bits per heavy atom. The second-order valence-corrected chi connectivity index (χ2v) is 30.9. The Kier molecular flexibility index (Phi) is 21.1. The van der Waals surface area contributed by atoms with E-state index >= 15 is 19.2 Å². The number of phenolic OH excluding ortho intramolecular Hbond substituents is 4. The average molecular weight is 1530 g/mol. The SMILES string of the molecule is CCC[C@@]12O[C@H]3c4c(O)c5c(c(O)c4C(=O)[C@]1(O)[C@H]3[C@H](O[C@H]1C[C@@H](O)[C@H](O)[C@H](C)O1)[C@H](O)[C@@H]2O[C@H]1CC[C@H](O[C@H]2CC[C@H](O)[C@@H](C)O2)[C@@H](C)O1)C(=O)C(c1c(OC)c(OC)c2cc3c(c(O)c2c1O)C(=O)[C@]1(O)[C@@H](C3)[C@H](O[C@H]2C[C@@H](O)[C@H](O)[C@@H](C)O2)[C@@H](O)[C@H](O[C@H]2CC[C@H](O)[C@@H](C)O2)[C@@]1(O)CCC)=C(OC)C5=O. The number of Topliss-reactive ketones (excluding diaryl/α,β-unsaturated/α-hetero) is 4. The van der Waals surface area contributed by atoms with Gasteiger partial charge in [0.25, 0.3) is 0 Å². The molecule has 3 aromatic carbocycles. The van der Waals surface area contributed by atoms with Gasteiger partial charge in [-0.25, -0.2) is 0 Å². The van der Waals surface area contributed by atoms with E-state index in [4.69, 9.17) is 66.3 Å². The van der Waals surface area contributed by atoms with Crippen molar-refractivity contribution in [3.63, 3.8) is 0 Å². The van der Waals surface area contributed by atoms with Crippen LogP contribution in [-0.2, 0) is 63.3 Å². The maximum absolute atomic E-state index is 16.3. The summed E-state index contributed by atoms with van der Waals surface area (Å²) in [5, 5.41) is 182. The second-order valence-electron chi connectivity index (χ2n) is 30.9. The minimum atomic E-state index is -3.15. The van der Waals surface area contributed by atoms with Crippen LogP contribution in [0.5, 0.6) is 34.5 Å². The van der Waals surface area contributed by atoms with Gasteiger partial charge in [-0.2, -0.15) is 0 Å². The van der Waals surface area contributed by atoms with Gasteiger partial charge < -0.3 is 143 Å². The molecule has 596 valence electrons. The van der Waals surface area contributed by atoms with Gasteiger partial charge in [0.1, 0.15) is 70.8 Å². The molecule has 0 amide bonds. The number of ether oxygens (including phenoxy) is 14. The summed E-state index contributed by atoms with van der Waals surface area (Å²) < 4.78 is 87.3. The van der Waals surface area contributed by atoms with Crippen LogP contribution in [0.3, 0.4) is 0 Å². The number of methoxy groups -OCH3 is 3. The van der Waals surface area contributed by atoms with Crippen molar-refractivity contribution in [2.24, 2.45) is 11.8 Å². The third kappa shape index (κ3) is 11.7. The van der Waals surface area contributed by atoms with Crippen LogP contribution in [0.2, 0.25) is 0 Å². The Morgan fingerprint density at radius 2 is 0.991 bits per heavy atom. The minimum Gasteiger partial charge on any atom is -0.507 e. The van der Waals surface area contributed by atoms with Gasteiger partial charge in [0.2, 0.25) is 23.1 Å². The van der Waals surface area contributed by atoms with Gasteiger partial charge in [0.05, 0.1) is 145 Å². The van der Waals surface area contributed by atoms with Gasteiger partial charge in [-0.3, -0.25) is 19.2 Å². The third-order valence-corrected chi connectivity index (χ3v) is 24.8. The number of phenols is 4. The van der Waals surface area contributed by atoms with Gasteiger partial charge >= 0.3 is 0 Å². The van der Waals surface area contributed by atoms with Crippen molar-refractivity contribution in [1.82, 2.24) is 0 Å². The molecular formula is C75H98O33. The number of allylic oxidation sites excluding steroid dienone is 2. The Hall–Kier alpha value is -5.94. The maximum Gasteiger partial charge on any atom is 0.232 e. The molecular weight excluding hydrogens is 1430 g/mol. The lowest BCUT2D eigenvalue weighted by atomic mass is 9.53. The molecule has 30 atom stereocenters. The molecule has 0 radical (unpaired) electrons. The van der Waals surface area contributed by atoms with E-state index in [1.807, 2.05) is 0 Å². The van der Waals surface area contributed by atoms with Gasteiger partial charge in [0, 0.05) is 49.0 Å². The highest BCUT2D eigenvalue weighted by Crippen LogP contribution is 2.69. The molecule has 4 bridgehead atoms. The van der Waals surface area contributed by atoms with E-state index in [-0.39, 0.29) is 62.3 Å². The van der Waals surface area contributed by atoms with Crippen molar-refractivity contribution in [3.8, 4) is 34.5 Å². The molecule has 0 aromatic heterocycles. The number of aliphatic hydroxyl groups excluding tert-OH is 8. The summed E-state index contributed by atoms with van der Waals surface area (Å²) in [6.07, 6.45) is -31.8. The smallest absolute Gasteiger partial charge is 0.232 e. The summed E-state index contributed by atoms with van der Waals surface area (Å²) in [6.45, 7) is 11.2. The first-order chi connectivity index (χ1) is 51.1. The summed E-state index contributed by atoms with van der Waals surface area (Å²) in [4.78, 5) is 64.1. The number of fused-ring (bicyclic) bond motifs is 6. The van der Waals surface area contributed by atoms with Crippen LogP contribution >= 0.6 is 0 Å². The predicted molar refractivity (Wildman–Crippen MR) is 364 cm³/mol. The first-order valence-electron chi connectivity index (χ1n) is 37.2. The number of hydrogen-bond donors (Lipinski definition) is 15. The molecule has 15 N–H and O–H groups in total. The van der Waals surface area contributed by atoms with Crippen LogP contribution in [-0.4, -0.2) is 285 Å². The van der Waals surface area contributed by atoms with Crippen LogP contribution in [0, 0.1) is 11.8 Å². The van der Waals surface area contributed by atoms with Crippen molar-refractivity contribution in [2.75, 3.05) is 21.3 Å². The van der Waals surface area contributed by atoms with Crippen molar-refractivity contribution in [1.29, 1.82) is 0 Å². The molecule has 11 aliphatic rings. The Morgan fingerprint density at radius 3 is 1.54 bits per heavy atom. The average Bonchev–Trinajstić information content (AvgIpc) is 1.45. The van der Waals surface area contributed by atoms with Gasteiger partial charge in [-0.05, 0) is 84.8 Å². The Balaban J connectivity index is 0.876. The summed E-state index contributed by atoms with van der Waals surface area (Å²) in [7, 11) is 3.12. The molecule has 6 aliphatic heterocycles. The zero-order chi connectivity index (χ0) is 77.9. The molecule has 8 fully saturated rings. The lowest BCUT2D eigenvalue weighted by Gasteiger charge is -2.60. The fourth-order valence-electron chi connectivity index (χ4n) is 19.4. The monoisotopic (exact) mass is 1530 g/mol. The lowest BCUT2D eigenvalue weighted by Crippen LogP contribution is -2.80. The largest absolute Gasteiger partial charge is 0.507 e. The van der Waals surface area contributed by atoms with Crippen molar-refractivity contribution in [3.05, 3.63) is 50.8 Å². The first kappa shape index (κ1) is 78.7. The molecule has 3 aromatic rings. The highest BCUT2D eigenvalue weighted by molar-refractivity contribution is 6.43. The number of carbonyl (C=O) groups is 4. The van der Waals surface area contributed by atoms with Crippen LogP contribution in [0.15, 0.2) is 11.8 Å². The van der Waals surface area contributed by atoms with Gasteiger partial charge in [-0.15, -0.1) is 0 Å². The zero-order valence-electron chi connectivity index (χ0n) is 61.3. The molecule has 6 heterocycles. The van der Waals surface area contributed by atoms with E-state index in [1.54, 1.807) is 34.6 Å². The van der Waals surface area contributed by atoms with Crippen molar-refractivity contribution in [2.45, 2.75) is 302 Å². The molecule has 33 heteroatoms. The van der Waals surface area contributed by atoms with E-state index in [9.17, 15) is 76.6 Å². The van der Waals surface area contributed by atoms with E-state index in [1.165, 1.54) is 19.9 Å². The summed E-state index contributed by atoms with van der Waals surface area (Å²) in [5.41, 5.74) is -17.7. The molecule has 5 aliphatic carbocycles. The first-order valence-corrected chi connectivity index (χ1v) is 37.2. The number of ketones is 4. The predicted octanol–water partition coefficient (Wildman–Crippen LogP) is 1.57. The van der Waals surface area contributed by atoms with Crippen molar-refractivity contribution < 1.29 is 162 Å². The number of rotatable bonds is 18. The van der Waals surface area contributed by atoms with Crippen LogP contribution in [0.1, 0.15) is 190 Å². The van der Waals surface area contributed by atoms with E-state index < -0.39 is 309 Å². The molecule has 2 saturated carbocycles. The lowest BCUT2D eigenvalue weighted by molar-refractivity contribution is -0.355. The van der Waals surface area contributed by atoms with E-state index in [0.717, 1.165) is 21.3 Å². The highest BCUT2D eigenvalue weighted by atomic mass is 16.7. The van der Waals surface area contributed by atoms with E-state index in [0.29, 0.717) is 12.8 Å². The molecule has 6 saturated heterocycles. The normalized spacial score (nSPS) is 43.0. The number of aliphatic hydroxyl groups is 11. The van der Waals surface area contributed by atoms with Crippen LogP contribution < -0.4 is 9.47 Å². The quantitative estimate of drug-likeness (QED) is 0.0804. The van der Waals surface area contributed by atoms with Crippen LogP contribution in [0.4, 0.5) is 0 Å². The Labute approximate surface area is 619 Å². The highest BCUT2D eigenvalue weighted by Gasteiger charge is 2.82. The zero-order valence-corrected chi connectivity index (χ0v) is 61.3. The number of benzene rings is 3. The van der Waals surface area contributed by atoms with E-state index in [2.05, 4.69) is 0 Å². The molecule has 0 unspecified atom stereocenters. The summed E-state index contributed by atoms with van der Waals surface area (Å²) in [6, 6.07) is 1.26. The summed E-state index contributed by atoms with van der Waals surface area (Å²) >= 11 is 0. The number of carbonyl (C=O) groups excluding carboxylic acids is 4. The van der Waals surface area contributed by atoms with Crippen LogP contribution in [0.25, 0.3) is 16.3 Å². The van der Waals surface area contributed by atoms with Crippen molar-refractivity contribution >= 4 is 39.5 Å². The standard InChI is InChI=1S/C75H98O33/c1-11-19-72(92)70(106-39-17-14-34(77)26(4)99-39)60(88)63(104-41-23-35(78)52(80)28(6)101-41)32-22-30-21-31-44(54(82)43(30)68(90)74(32,72)93)55(83)48(66(97-10)62(31)95-8)47-56(84)45-46(59(87)65(47)96-9)57(85)49-50(58(45)86)69(91)75(94)51-64(49)108-73(75,20-12-2)71(61(89)67(51)105-42-24-36(79)53(81)29(7)102-42)107-40-18-15-37(27(5)100-40)103-38-16-13-33(76)25(3)98-38/h21,25-29,32-42,51-53,60-61,63-64,67,70-71,76-83,85-86,88-89,92-94H,11-20,22-24H2,1-10H3/t25-,26-,27-,28-,29+,32+,33+,34+,35-,36-,37+,38+,39+,40+,41+,42+,51-,52-,53-,60-,61+,63+,64+,67+,70+,71+,72+,73+,74-,75-/m1/s1. The molecule has 108 heavy (non-hydrogen) atoms.